The molecule has 4 rings (SSSR count). The highest BCUT2D eigenvalue weighted by molar-refractivity contribution is 9.10. The van der Waals surface area contributed by atoms with Crippen LogP contribution in [0.4, 0.5) is 23.7 Å². The first kappa shape index (κ1) is 29.2. The Balaban J connectivity index is 1.69. The molecule has 7 nitrogen and oxygen atoms in total. The van der Waals surface area contributed by atoms with Crippen LogP contribution in [-0.2, 0) is 22.4 Å². The normalized spacial score (nSPS) is 14.9. The fourth-order valence-corrected chi connectivity index (χ4v) is 4.59. The van der Waals surface area contributed by atoms with E-state index in [1.54, 1.807) is 13.0 Å². The number of hydrogen-bond donors (Lipinski definition) is 1. The average Bonchev–Trinajstić information content (AvgIpc) is 2.87. The van der Waals surface area contributed by atoms with E-state index in [4.69, 9.17) is 21.1 Å². The van der Waals surface area contributed by atoms with Crippen molar-refractivity contribution in [2.24, 2.45) is 0 Å². The molecule has 0 unspecified atom stereocenters. The van der Waals surface area contributed by atoms with Crippen molar-refractivity contribution in [3.8, 4) is 11.5 Å². The van der Waals surface area contributed by atoms with Gasteiger partial charge in [0.05, 0.1) is 27.4 Å². The van der Waals surface area contributed by atoms with Crippen LogP contribution in [0.5, 0.6) is 11.5 Å². The number of barbiturate groups is 1. The number of hydrogen-bond acceptors (Lipinski definition) is 5. The number of imide groups is 2. The number of nitrogens with zero attached hydrogens (tertiary/aromatic N) is 1. The van der Waals surface area contributed by atoms with E-state index in [1.165, 1.54) is 12.1 Å². The molecular formula is C28H21BrClF3N2O5. The smallest absolute Gasteiger partial charge is 0.416 e. The van der Waals surface area contributed by atoms with Gasteiger partial charge in [0.1, 0.15) is 12.2 Å². The molecule has 3 aromatic rings. The standard InChI is InChI=1S/C28H21BrClF3N2O5/c1-3-39-23-12-17(11-20(29)24(23)40-14-16-6-4-15(2)5-7-16)10-19-25(36)34-27(38)35(26(19)37)22-13-18(28(31,32)33)8-9-21(22)30/h4-13H,3,14H2,1-2H3,(H,34,36,38)/b19-10+. The maximum atomic E-state index is 13.3. The van der Waals surface area contributed by atoms with Crippen molar-refractivity contribution in [2.45, 2.75) is 26.6 Å². The summed E-state index contributed by atoms with van der Waals surface area (Å²) < 4.78 is 52.0. The van der Waals surface area contributed by atoms with Crippen molar-refractivity contribution in [1.29, 1.82) is 0 Å². The summed E-state index contributed by atoms with van der Waals surface area (Å²) in [6, 6.07) is 11.8. The third kappa shape index (κ3) is 6.31. The van der Waals surface area contributed by atoms with Gasteiger partial charge >= 0.3 is 12.2 Å². The molecule has 0 radical (unpaired) electrons. The predicted octanol–water partition coefficient (Wildman–Crippen LogP) is 7.07. The zero-order chi connectivity index (χ0) is 29.2. The number of rotatable bonds is 7. The summed E-state index contributed by atoms with van der Waals surface area (Å²) >= 11 is 9.48. The van der Waals surface area contributed by atoms with Gasteiger partial charge in [-0.15, -0.1) is 0 Å². The third-order valence-electron chi connectivity index (χ3n) is 5.76. The van der Waals surface area contributed by atoms with E-state index in [9.17, 15) is 27.6 Å². The number of halogens is 5. The van der Waals surface area contributed by atoms with Crippen LogP contribution in [0.3, 0.4) is 0 Å². The fraction of sp³-hybridized carbons (Fsp3) is 0.179. The monoisotopic (exact) mass is 636 g/mol. The van der Waals surface area contributed by atoms with E-state index in [2.05, 4.69) is 15.9 Å². The van der Waals surface area contributed by atoms with E-state index >= 15 is 0 Å². The number of carbonyl (C=O) groups is 3. The molecule has 0 saturated carbocycles. The molecule has 3 aromatic carbocycles. The minimum Gasteiger partial charge on any atom is -0.490 e. The largest absolute Gasteiger partial charge is 0.490 e. The lowest BCUT2D eigenvalue weighted by Gasteiger charge is -2.27. The second kappa shape index (κ2) is 11.7. The van der Waals surface area contributed by atoms with Crippen LogP contribution in [0.25, 0.3) is 6.08 Å². The summed E-state index contributed by atoms with van der Waals surface area (Å²) in [4.78, 5) is 38.8. The fourth-order valence-electron chi connectivity index (χ4n) is 3.82. The molecule has 1 saturated heterocycles. The summed E-state index contributed by atoms with van der Waals surface area (Å²) in [5.74, 6) is -1.48. The first-order valence-electron chi connectivity index (χ1n) is 11.8. The Morgan fingerprint density at radius 2 is 1.73 bits per heavy atom. The highest BCUT2D eigenvalue weighted by Crippen LogP contribution is 2.39. The van der Waals surface area contributed by atoms with Crippen LogP contribution in [0.15, 0.2) is 64.6 Å². The molecule has 1 N–H and O–H groups in total. The molecule has 208 valence electrons. The lowest BCUT2D eigenvalue weighted by atomic mass is 10.1. The molecule has 0 bridgehead atoms. The minimum atomic E-state index is -4.76. The molecule has 0 aliphatic carbocycles. The van der Waals surface area contributed by atoms with Gasteiger partial charge in [0, 0.05) is 0 Å². The van der Waals surface area contributed by atoms with E-state index in [-0.39, 0.29) is 18.2 Å². The van der Waals surface area contributed by atoms with E-state index in [1.807, 2.05) is 36.5 Å². The van der Waals surface area contributed by atoms with Crippen LogP contribution >= 0.6 is 27.5 Å². The number of ether oxygens (including phenoxy) is 2. The minimum absolute atomic E-state index is 0.245. The summed E-state index contributed by atoms with van der Waals surface area (Å²) in [5, 5.41) is 1.68. The zero-order valence-electron chi connectivity index (χ0n) is 21.1. The lowest BCUT2D eigenvalue weighted by Crippen LogP contribution is -2.54. The molecule has 4 amide bonds. The third-order valence-corrected chi connectivity index (χ3v) is 6.67. The Bertz CT molecular complexity index is 1520. The van der Waals surface area contributed by atoms with Crippen LogP contribution in [-0.4, -0.2) is 24.5 Å². The number of urea groups is 1. The maximum Gasteiger partial charge on any atom is 0.416 e. The number of anilines is 1. The first-order chi connectivity index (χ1) is 18.9. The Kier molecular flexibility index (Phi) is 8.55. The van der Waals surface area contributed by atoms with Gasteiger partial charge in [0.15, 0.2) is 11.5 Å². The first-order valence-corrected chi connectivity index (χ1v) is 13.0. The molecule has 0 atom stereocenters. The molecule has 12 heteroatoms. The van der Waals surface area contributed by atoms with E-state index in [0.717, 1.165) is 23.3 Å². The van der Waals surface area contributed by atoms with Crippen molar-refractivity contribution in [3.63, 3.8) is 0 Å². The van der Waals surface area contributed by atoms with Crippen molar-refractivity contribution < 1.29 is 37.0 Å². The molecule has 0 aromatic heterocycles. The topological polar surface area (TPSA) is 84.9 Å². The predicted molar refractivity (Wildman–Crippen MR) is 146 cm³/mol. The highest BCUT2D eigenvalue weighted by Gasteiger charge is 2.39. The summed E-state index contributed by atoms with van der Waals surface area (Å²) in [6.45, 7) is 4.27. The SMILES string of the molecule is CCOc1cc(/C=C2\C(=O)NC(=O)N(c3cc(C(F)(F)F)ccc3Cl)C2=O)cc(Br)c1OCc1ccc(C)cc1. The molecule has 1 aliphatic rings. The molecule has 1 heterocycles. The average molecular weight is 638 g/mol. The van der Waals surface area contributed by atoms with Crippen molar-refractivity contribution in [2.75, 3.05) is 11.5 Å². The number of aryl methyl sites for hydroxylation is 1. The van der Waals surface area contributed by atoms with Crippen molar-refractivity contribution >= 4 is 57.1 Å². The summed E-state index contributed by atoms with van der Waals surface area (Å²) in [5.41, 5.74) is 0.203. The van der Waals surface area contributed by atoms with E-state index < -0.39 is 40.8 Å². The van der Waals surface area contributed by atoms with Crippen LogP contribution < -0.4 is 19.7 Å². The highest BCUT2D eigenvalue weighted by atomic mass is 79.9. The Hall–Kier alpha value is -3.83. The number of alkyl halides is 3. The Morgan fingerprint density at radius 1 is 1.02 bits per heavy atom. The molecule has 1 fully saturated rings. The number of benzene rings is 3. The van der Waals surface area contributed by atoms with Gasteiger partial charge < -0.3 is 9.47 Å². The molecular weight excluding hydrogens is 617 g/mol. The molecule has 0 spiro atoms. The lowest BCUT2D eigenvalue weighted by molar-refractivity contribution is -0.137. The maximum absolute atomic E-state index is 13.3. The van der Waals surface area contributed by atoms with Crippen LogP contribution in [0, 0.1) is 6.92 Å². The Morgan fingerprint density at radius 3 is 2.38 bits per heavy atom. The quantitative estimate of drug-likeness (QED) is 0.221. The van der Waals surface area contributed by atoms with Gasteiger partial charge in [-0.1, -0.05) is 41.4 Å². The molecule has 40 heavy (non-hydrogen) atoms. The van der Waals surface area contributed by atoms with Crippen molar-refractivity contribution in [3.05, 3.63) is 91.9 Å². The summed E-state index contributed by atoms with van der Waals surface area (Å²) in [6.07, 6.45) is -3.57. The van der Waals surface area contributed by atoms with Gasteiger partial charge in [0.25, 0.3) is 11.8 Å². The number of carbonyl (C=O) groups excluding carboxylic acids is 3. The van der Waals surface area contributed by atoms with Gasteiger partial charge in [-0.3, -0.25) is 14.9 Å². The summed E-state index contributed by atoms with van der Waals surface area (Å²) in [7, 11) is 0. The van der Waals surface area contributed by atoms with Gasteiger partial charge in [-0.05, 0) is 77.3 Å². The second-order valence-electron chi connectivity index (χ2n) is 8.66. The van der Waals surface area contributed by atoms with Gasteiger partial charge in [0.2, 0.25) is 0 Å². The van der Waals surface area contributed by atoms with Crippen LogP contribution in [0.1, 0.15) is 29.2 Å². The second-order valence-corrected chi connectivity index (χ2v) is 9.92. The van der Waals surface area contributed by atoms with E-state index in [0.29, 0.717) is 32.5 Å². The van der Waals surface area contributed by atoms with Crippen molar-refractivity contribution in [1.82, 2.24) is 5.32 Å². The van der Waals surface area contributed by atoms with Crippen LogP contribution in [0.2, 0.25) is 5.02 Å². The van der Waals surface area contributed by atoms with Gasteiger partial charge in [-0.25, -0.2) is 9.69 Å². The van der Waals surface area contributed by atoms with Gasteiger partial charge in [-0.2, -0.15) is 13.2 Å². The Labute approximate surface area is 240 Å². The molecule has 1 aliphatic heterocycles. The number of nitrogens with one attached hydrogen (secondary N) is 1. The number of amides is 4. The zero-order valence-corrected chi connectivity index (χ0v) is 23.4.